The predicted molar refractivity (Wildman–Crippen MR) is 105 cm³/mol. The van der Waals surface area contributed by atoms with Crippen LogP contribution in [0.3, 0.4) is 0 Å². The zero-order chi connectivity index (χ0) is 19.4. The largest absolute Gasteiger partial charge is 0.383 e. The van der Waals surface area contributed by atoms with Gasteiger partial charge in [0.15, 0.2) is 5.16 Å². The summed E-state index contributed by atoms with van der Waals surface area (Å²) in [6, 6.07) is 7.26. The molecule has 0 saturated carbocycles. The lowest BCUT2D eigenvalue weighted by Gasteiger charge is -2.35. The minimum atomic E-state index is -0.110. The molecule has 7 nitrogen and oxygen atoms in total. The number of carbonyl (C=O) groups excluding carboxylic acids is 1. The van der Waals surface area contributed by atoms with E-state index in [-0.39, 0.29) is 29.4 Å². The van der Waals surface area contributed by atoms with E-state index in [4.69, 9.17) is 9.47 Å². The topological polar surface area (TPSA) is 73.7 Å². The molecule has 27 heavy (non-hydrogen) atoms. The number of amides is 1. The van der Waals surface area contributed by atoms with Crippen molar-refractivity contribution >= 4 is 28.6 Å². The second kappa shape index (κ2) is 8.86. The molecular formula is C19H25N3O4S. The Morgan fingerprint density at radius 1 is 1.30 bits per heavy atom. The summed E-state index contributed by atoms with van der Waals surface area (Å²) >= 11 is 1.29. The number of aromatic nitrogens is 2. The third-order valence-corrected chi connectivity index (χ3v) is 5.40. The summed E-state index contributed by atoms with van der Waals surface area (Å²) < 4.78 is 12.4. The van der Waals surface area contributed by atoms with Crippen LogP contribution in [0.5, 0.6) is 0 Å². The molecule has 0 bridgehead atoms. The number of nitrogens with zero attached hydrogens (tertiary/aromatic N) is 3. The van der Waals surface area contributed by atoms with Gasteiger partial charge >= 0.3 is 0 Å². The molecule has 2 aromatic rings. The second-order valence-electron chi connectivity index (χ2n) is 6.71. The van der Waals surface area contributed by atoms with Crippen molar-refractivity contribution in [3.63, 3.8) is 0 Å². The summed E-state index contributed by atoms with van der Waals surface area (Å²) in [7, 11) is 1.59. The van der Waals surface area contributed by atoms with E-state index in [0.717, 1.165) is 0 Å². The highest BCUT2D eigenvalue weighted by Gasteiger charge is 2.26. The van der Waals surface area contributed by atoms with Crippen molar-refractivity contribution in [1.82, 2.24) is 14.5 Å². The van der Waals surface area contributed by atoms with Crippen molar-refractivity contribution in [2.45, 2.75) is 37.8 Å². The zero-order valence-corrected chi connectivity index (χ0v) is 16.7. The van der Waals surface area contributed by atoms with Crippen molar-refractivity contribution in [3.8, 4) is 0 Å². The van der Waals surface area contributed by atoms with Crippen LogP contribution >= 0.6 is 11.8 Å². The smallest absolute Gasteiger partial charge is 0.262 e. The Morgan fingerprint density at radius 2 is 2.00 bits per heavy atom. The maximum Gasteiger partial charge on any atom is 0.262 e. The molecule has 2 heterocycles. The van der Waals surface area contributed by atoms with Gasteiger partial charge in [-0.3, -0.25) is 14.2 Å². The molecule has 1 amide bonds. The van der Waals surface area contributed by atoms with Gasteiger partial charge in [-0.2, -0.15) is 0 Å². The molecule has 1 aromatic heterocycles. The Labute approximate surface area is 162 Å². The third kappa shape index (κ3) is 4.69. The van der Waals surface area contributed by atoms with Crippen LogP contribution in [0.25, 0.3) is 10.9 Å². The first kappa shape index (κ1) is 19.9. The number of rotatable bonds is 6. The van der Waals surface area contributed by atoms with Gasteiger partial charge in [0.05, 0.1) is 42.0 Å². The molecule has 0 spiro atoms. The molecule has 1 aliphatic rings. The van der Waals surface area contributed by atoms with Crippen molar-refractivity contribution < 1.29 is 14.3 Å². The van der Waals surface area contributed by atoms with Crippen molar-refractivity contribution in [1.29, 1.82) is 0 Å². The van der Waals surface area contributed by atoms with Gasteiger partial charge in [0.1, 0.15) is 0 Å². The molecule has 1 fully saturated rings. The van der Waals surface area contributed by atoms with Crippen LogP contribution in [0.15, 0.2) is 34.2 Å². The number of hydrogen-bond acceptors (Lipinski definition) is 6. The minimum absolute atomic E-state index is 0.0291. The Kier molecular flexibility index (Phi) is 6.51. The first-order chi connectivity index (χ1) is 13.0. The van der Waals surface area contributed by atoms with E-state index >= 15 is 0 Å². The van der Waals surface area contributed by atoms with Crippen LogP contribution in [0, 0.1) is 0 Å². The molecule has 1 aliphatic heterocycles. The molecule has 1 saturated heterocycles. The van der Waals surface area contributed by atoms with Crippen LogP contribution in [-0.2, 0) is 20.8 Å². The number of para-hydroxylation sites is 1. The Bertz CT molecular complexity index is 860. The molecule has 0 unspecified atom stereocenters. The standard InChI is InChI=1S/C19H25N3O4S/c1-13-10-21(11-14(2)26-13)17(23)12-27-19-20-16-7-5-4-6-15(16)18(24)22(19)8-9-25-3/h4-7,13-14H,8-12H2,1-3H3/t13-,14-/m0/s1. The van der Waals surface area contributed by atoms with E-state index in [0.29, 0.717) is 42.3 Å². The Morgan fingerprint density at radius 3 is 2.70 bits per heavy atom. The van der Waals surface area contributed by atoms with Gasteiger partial charge in [0.25, 0.3) is 5.56 Å². The number of carbonyl (C=O) groups is 1. The van der Waals surface area contributed by atoms with E-state index in [1.165, 1.54) is 11.8 Å². The quantitative estimate of drug-likeness (QED) is 0.552. The van der Waals surface area contributed by atoms with Gasteiger partial charge in [-0.15, -0.1) is 0 Å². The summed E-state index contributed by atoms with van der Waals surface area (Å²) in [4.78, 5) is 31.9. The van der Waals surface area contributed by atoms with Gasteiger partial charge in [-0.05, 0) is 26.0 Å². The zero-order valence-electron chi connectivity index (χ0n) is 15.9. The lowest BCUT2D eigenvalue weighted by atomic mass is 10.2. The van der Waals surface area contributed by atoms with Gasteiger partial charge in [0, 0.05) is 20.2 Å². The van der Waals surface area contributed by atoms with Crippen molar-refractivity contribution in [2.75, 3.05) is 32.6 Å². The Hall–Kier alpha value is -1.90. The van der Waals surface area contributed by atoms with Crippen LogP contribution < -0.4 is 5.56 Å². The number of ether oxygens (including phenoxy) is 2. The molecule has 1 aromatic carbocycles. The molecule has 0 radical (unpaired) electrons. The highest BCUT2D eigenvalue weighted by atomic mass is 32.2. The number of methoxy groups -OCH3 is 1. The number of fused-ring (bicyclic) bond motifs is 1. The number of hydrogen-bond donors (Lipinski definition) is 0. The highest BCUT2D eigenvalue weighted by Crippen LogP contribution is 2.20. The summed E-state index contributed by atoms with van der Waals surface area (Å²) in [5.41, 5.74) is 0.529. The average Bonchev–Trinajstić information content (AvgIpc) is 2.65. The van der Waals surface area contributed by atoms with E-state index in [1.54, 1.807) is 17.7 Å². The molecule has 8 heteroatoms. The SMILES string of the molecule is COCCn1c(SCC(=O)N2C[C@H](C)O[C@@H](C)C2)nc2ccccc2c1=O. The Balaban J connectivity index is 1.80. The summed E-state index contributed by atoms with van der Waals surface area (Å²) in [5.74, 6) is 0.264. The first-order valence-corrected chi connectivity index (χ1v) is 10.0. The van der Waals surface area contributed by atoms with E-state index < -0.39 is 0 Å². The summed E-state index contributed by atoms with van der Waals surface area (Å²) in [6.07, 6.45) is 0.0581. The van der Waals surface area contributed by atoms with Crippen molar-refractivity contribution in [3.05, 3.63) is 34.6 Å². The van der Waals surface area contributed by atoms with Crippen LogP contribution in [-0.4, -0.2) is 65.1 Å². The van der Waals surface area contributed by atoms with Gasteiger partial charge in [-0.1, -0.05) is 23.9 Å². The fraction of sp³-hybridized carbons (Fsp3) is 0.526. The lowest BCUT2D eigenvalue weighted by Crippen LogP contribution is -2.48. The maximum absolute atomic E-state index is 12.8. The molecular weight excluding hydrogens is 366 g/mol. The van der Waals surface area contributed by atoms with Gasteiger partial charge < -0.3 is 14.4 Å². The minimum Gasteiger partial charge on any atom is -0.383 e. The molecule has 3 rings (SSSR count). The predicted octanol–water partition coefficient (Wildman–Crippen LogP) is 1.77. The molecule has 146 valence electrons. The van der Waals surface area contributed by atoms with E-state index in [2.05, 4.69) is 4.98 Å². The fourth-order valence-electron chi connectivity index (χ4n) is 3.24. The fourth-order valence-corrected chi connectivity index (χ4v) is 4.16. The molecule has 2 atom stereocenters. The monoisotopic (exact) mass is 391 g/mol. The van der Waals surface area contributed by atoms with Crippen LogP contribution in [0.4, 0.5) is 0 Å². The second-order valence-corrected chi connectivity index (χ2v) is 7.65. The maximum atomic E-state index is 12.8. The normalized spacial score (nSPS) is 20.2. The number of thioether (sulfide) groups is 1. The first-order valence-electron chi connectivity index (χ1n) is 9.04. The average molecular weight is 391 g/mol. The van der Waals surface area contributed by atoms with Crippen LogP contribution in [0.1, 0.15) is 13.8 Å². The summed E-state index contributed by atoms with van der Waals surface area (Å²) in [6.45, 7) is 5.92. The molecule has 0 aliphatic carbocycles. The molecule has 0 N–H and O–H groups in total. The van der Waals surface area contributed by atoms with E-state index in [9.17, 15) is 9.59 Å². The van der Waals surface area contributed by atoms with Crippen molar-refractivity contribution in [2.24, 2.45) is 0 Å². The third-order valence-electron chi connectivity index (χ3n) is 4.44. The summed E-state index contributed by atoms with van der Waals surface area (Å²) in [5, 5.41) is 1.11. The van der Waals surface area contributed by atoms with E-state index in [1.807, 2.05) is 36.9 Å². The lowest BCUT2D eigenvalue weighted by molar-refractivity contribution is -0.140. The van der Waals surface area contributed by atoms with Gasteiger partial charge in [-0.25, -0.2) is 4.98 Å². The number of morpholine rings is 1. The van der Waals surface area contributed by atoms with Crippen LogP contribution in [0.2, 0.25) is 0 Å². The number of benzene rings is 1. The van der Waals surface area contributed by atoms with Gasteiger partial charge in [0.2, 0.25) is 5.91 Å². The highest BCUT2D eigenvalue weighted by molar-refractivity contribution is 7.99.